The van der Waals surface area contributed by atoms with Crippen molar-refractivity contribution in [2.24, 2.45) is 0 Å². The lowest BCUT2D eigenvalue weighted by atomic mass is 10.0. The van der Waals surface area contributed by atoms with Gasteiger partial charge in [-0.15, -0.1) is 0 Å². The molecule has 2 heterocycles. The predicted molar refractivity (Wildman–Crippen MR) is 117 cm³/mol. The molecular weight excluding hydrogens is 379 g/mol. The number of furan rings is 1. The van der Waals surface area contributed by atoms with Crippen LogP contribution in [-0.4, -0.2) is 30.4 Å². The second kappa shape index (κ2) is 9.00. The zero-order valence-corrected chi connectivity index (χ0v) is 17.7. The molecule has 1 atom stereocenters. The van der Waals surface area contributed by atoms with Gasteiger partial charge in [0.15, 0.2) is 5.76 Å². The number of nitrogens with zero attached hydrogens (tertiary/aromatic N) is 1. The Bertz CT molecular complexity index is 1020. The number of likely N-dealkylation sites (tertiary alicyclic amines) is 1. The molecule has 0 unspecified atom stereocenters. The fourth-order valence-electron chi connectivity index (χ4n) is 4.33. The Balaban J connectivity index is 1.55. The third-order valence-corrected chi connectivity index (χ3v) is 6.10. The lowest BCUT2D eigenvalue weighted by Crippen LogP contribution is -2.38. The number of hydrogen-bond donors (Lipinski definition) is 1. The maximum absolute atomic E-state index is 13.6. The van der Waals surface area contributed by atoms with Crippen LogP contribution in [-0.2, 0) is 0 Å². The van der Waals surface area contributed by atoms with Gasteiger partial charge < -0.3 is 9.73 Å². The lowest BCUT2D eigenvalue weighted by molar-refractivity contribution is 0.0907. The van der Waals surface area contributed by atoms with E-state index in [0.29, 0.717) is 23.1 Å². The van der Waals surface area contributed by atoms with Crippen molar-refractivity contribution in [1.29, 1.82) is 0 Å². The summed E-state index contributed by atoms with van der Waals surface area (Å²) in [5.74, 6) is -0.330. The minimum atomic E-state index is -0.334. The summed E-state index contributed by atoms with van der Waals surface area (Å²) in [4.78, 5) is 15.4. The van der Waals surface area contributed by atoms with E-state index in [9.17, 15) is 9.18 Å². The molecule has 2 aromatic carbocycles. The van der Waals surface area contributed by atoms with Gasteiger partial charge in [0.05, 0.1) is 6.04 Å². The molecular formula is C25H29FN2O2. The van der Waals surface area contributed by atoms with E-state index in [2.05, 4.69) is 41.4 Å². The quantitative estimate of drug-likeness (QED) is 0.603. The van der Waals surface area contributed by atoms with Gasteiger partial charge in [-0.25, -0.2) is 4.39 Å². The number of halogens is 1. The molecule has 1 amide bonds. The minimum absolute atomic E-state index is 0.120. The molecule has 0 radical (unpaired) electrons. The number of carbonyl (C=O) groups is 1. The van der Waals surface area contributed by atoms with Crippen LogP contribution in [0.3, 0.4) is 0 Å². The van der Waals surface area contributed by atoms with Crippen molar-refractivity contribution in [3.8, 4) is 0 Å². The first kappa shape index (κ1) is 20.6. The second-order valence-corrected chi connectivity index (χ2v) is 8.28. The summed E-state index contributed by atoms with van der Waals surface area (Å²) in [7, 11) is 0. The van der Waals surface area contributed by atoms with E-state index in [1.165, 1.54) is 48.9 Å². The summed E-state index contributed by atoms with van der Waals surface area (Å²) in [5, 5.41) is 3.72. The maximum atomic E-state index is 13.6. The molecule has 0 aliphatic carbocycles. The van der Waals surface area contributed by atoms with E-state index in [1.807, 2.05) is 0 Å². The highest BCUT2D eigenvalue weighted by Crippen LogP contribution is 2.27. The first-order valence-electron chi connectivity index (χ1n) is 10.8. The Morgan fingerprint density at radius 3 is 2.47 bits per heavy atom. The van der Waals surface area contributed by atoms with Crippen LogP contribution in [0.5, 0.6) is 0 Å². The van der Waals surface area contributed by atoms with Crippen molar-refractivity contribution in [3.05, 3.63) is 70.7 Å². The molecule has 1 aromatic heterocycles. The van der Waals surface area contributed by atoms with Crippen LogP contribution in [0.2, 0.25) is 0 Å². The van der Waals surface area contributed by atoms with Gasteiger partial charge in [0.1, 0.15) is 11.4 Å². The molecule has 1 aliphatic rings. The fourth-order valence-corrected chi connectivity index (χ4v) is 4.33. The SMILES string of the molecule is Cc1ccc([C@@H](CNC(=O)c2oc3ccc(F)cc3c2C)N2CCCCCC2)cc1. The maximum Gasteiger partial charge on any atom is 0.287 e. The number of fused-ring (bicyclic) bond motifs is 1. The van der Waals surface area contributed by atoms with Crippen LogP contribution in [0, 0.1) is 19.7 Å². The first-order valence-corrected chi connectivity index (χ1v) is 10.8. The van der Waals surface area contributed by atoms with Crippen molar-refractivity contribution >= 4 is 16.9 Å². The zero-order valence-electron chi connectivity index (χ0n) is 17.7. The Labute approximate surface area is 177 Å². The smallest absolute Gasteiger partial charge is 0.287 e. The number of benzene rings is 2. The third kappa shape index (κ3) is 4.41. The van der Waals surface area contributed by atoms with Gasteiger partial charge in [-0.1, -0.05) is 42.7 Å². The van der Waals surface area contributed by atoms with Gasteiger partial charge in [-0.2, -0.15) is 0 Å². The Morgan fingerprint density at radius 1 is 1.07 bits per heavy atom. The number of rotatable bonds is 5. The molecule has 1 N–H and O–H groups in total. The van der Waals surface area contributed by atoms with E-state index in [4.69, 9.17) is 4.42 Å². The van der Waals surface area contributed by atoms with Crippen molar-refractivity contribution < 1.29 is 13.6 Å². The van der Waals surface area contributed by atoms with Gasteiger partial charge >= 0.3 is 0 Å². The number of nitrogens with one attached hydrogen (secondary N) is 1. The average Bonchev–Trinajstić information content (AvgIpc) is 2.91. The molecule has 4 rings (SSSR count). The summed E-state index contributed by atoms with van der Waals surface area (Å²) in [6.45, 7) is 6.47. The van der Waals surface area contributed by atoms with Crippen LogP contribution in [0.15, 0.2) is 46.9 Å². The number of amides is 1. The molecule has 5 heteroatoms. The molecule has 1 saturated heterocycles. The molecule has 1 fully saturated rings. The van der Waals surface area contributed by atoms with E-state index in [1.54, 1.807) is 13.0 Å². The van der Waals surface area contributed by atoms with E-state index >= 15 is 0 Å². The molecule has 1 aliphatic heterocycles. The normalized spacial score (nSPS) is 16.4. The molecule has 158 valence electrons. The number of hydrogen-bond acceptors (Lipinski definition) is 3. The Kier molecular flexibility index (Phi) is 6.18. The van der Waals surface area contributed by atoms with Crippen LogP contribution in [0.1, 0.15) is 59.0 Å². The monoisotopic (exact) mass is 408 g/mol. The molecule has 0 saturated carbocycles. The average molecular weight is 409 g/mol. The standard InChI is InChI=1S/C25H29FN2O2/c1-17-7-9-19(10-8-17)22(28-13-5-3-4-6-14-28)16-27-25(29)24-18(2)21-15-20(26)11-12-23(21)30-24/h7-12,15,22H,3-6,13-14,16H2,1-2H3,(H,27,29)/t22-/m1/s1. The zero-order chi connectivity index (χ0) is 21.1. The highest BCUT2D eigenvalue weighted by Gasteiger charge is 2.24. The minimum Gasteiger partial charge on any atom is -0.451 e. The number of carbonyl (C=O) groups excluding carboxylic acids is 1. The van der Waals surface area contributed by atoms with Crippen LogP contribution < -0.4 is 5.32 Å². The van der Waals surface area contributed by atoms with E-state index < -0.39 is 0 Å². The topological polar surface area (TPSA) is 45.5 Å². The third-order valence-electron chi connectivity index (χ3n) is 6.10. The lowest BCUT2D eigenvalue weighted by Gasteiger charge is -2.31. The largest absolute Gasteiger partial charge is 0.451 e. The van der Waals surface area contributed by atoms with Gasteiger partial charge in [-0.05, 0) is 63.5 Å². The molecule has 4 nitrogen and oxygen atoms in total. The van der Waals surface area contributed by atoms with E-state index in [0.717, 1.165) is 13.1 Å². The van der Waals surface area contributed by atoms with Gasteiger partial charge in [0.2, 0.25) is 0 Å². The summed E-state index contributed by atoms with van der Waals surface area (Å²) >= 11 is 0. The van der Waals surface area contributed by atoms with Gasteiger partial charge in [0, 0.05) is 17.5 Å². The predicted octanol–water partition coefficient (Wildman–Crippen LogP) is 5.54. The van der Waals surface area contributed by atoms with Crippen LogP contribution in [0.4, 0.5) is 4.39 Å². The van der Waals surface area contributed by atoms with Crippen molar-refractivity contribution in [2.75, 3.05) is 19.6 Å². The van der Waals surface area contributed by atoms with Crippen molar-refractivity contribution in [2.45, 2.75) is 45.6 Å². The highest BCUT2D eigenvalue weighted by molar-refractivity contribution is 5.98. The summed E-state index contributed by atoms with van der Waals surface area (Å²) in [6, 6.07) is 13.0. The van der Waals surface area contributed by atoms with Gasteiger partial charge in [-0.3, -0.25) is 9.69 Å². The number of aryl methyl sites for hydroxylation is 2. The van der Waals surface area contributed by atoms with Crippen LogP contribution in [0.25, 0.3) is 11.0 Å². The first-order chi connectivity index (χ1) is 14.5. The molecule has 30 heavy (non-hydrogen) atoms. The van der Waals surface area contributed by atoms with E-state index in [-0.39, 0.29) is 23.5 Å². The fraction of sp³-hybridized carbons (Fsp3) is 0.400. The summed E-state index contributed by atoms with van der Waals surface area (Å²) in [6.07, 6.45) is 4.89. The second-order valence-electron chi connectivity index (χ2n) is 8.28. The highest BCUT2D eigenvalue weighted by atomic mass is 19.1. The van der Waals surface area contributed by atoms with Gasteiger partial charge in [0.25, 0.3) is 5.91 Å². The summed E-state index contributed by atoms with van der Waals surface area (Å²) in [5.41, 5.74) is 3.64. The molecule has 3 aromatic rings. The Hall–Kier alpha value is -2.66. The molecule has 0 bridgehead atoms. The summed E-state index contributed by atoms with van der Waals surface area (Å²) < 4.78 is 19.3. The van der Waals surface area contributed by atoms with Crippen molar-refractivity contribution in [1.82, 2.24) is 10.2 Å². The Morgan fingerprint density at radius 2 is 1.77 bits per heavy atom. The van der Waals surface area contributed by atoms with Crippen molar-refractivity contribution in [3.63, 3.8) is 0 Å². The molecule has 0 spiro atoms. The van der Waals surface area contributed by atoms with Crippen LogP contribution >= 0.6 is 0 Å².